The van der Waals surface area contributed by atoms with Crippen molar-refractivity contribution in [2.45, 2.75) is 12.6 Å². The summed E-state index contributed by atoms with van der Waals surface area (Å²) in [6, 6.07) is 28.9. The number of hydrogen-bond acceptors (Lipinski definition) is 3. The van der Waals surface area contributed by atoms with E-state index in [1.165, 1.54) is 0 Å². The van der Waals surface area contributed by atoms with Gasteiger partial charge in [0.2, 0.25) is 5.91 Å². The van der Waals surface area contributed by atoms with Crippen LogP contribution in [0.1, 0.15) is 28.4 Å². The normalized spacial score (nSPS) is 10.4. The van der Waals surface area contributed by atoms with Crippen LogP contribution in [-0.2, 0) is 16.1 Å². The van der Waals surface area contributed by atoms with E-state index >= 15 is 0 Å². The average molecular weight is 356 g/mol. The van der Waals surface area contributed by atoms with Crippen molar-refractivity contribution >= 4 is 5.91 Å². The highest BCUT2D eigenvalue weighted by Gasteiger charge is 2.16. The molecular weight excluding hydrogens is 336 g/mol. The Kier molecular flexibility index (Phi) is 6.35. The summed E-state index contributed by atoms with van der Waals surface area (Å²) in [5.41, 5.74) is 3.45. The number of rotatable bonds is 7. The monoisotopic (exact) mass is 356 g/mol. The van der Waals surface area contributed by atoms with E-state index in [1.54, 1.807) is 18.2 Å². The van der Waals surface area contributed by atoms with Crippen molar-refractivity contribution in [3.05, 3.63) is 107 Å². The summed E-state index contributed by atoms with van der Waals surface area (Å²) in [4.78, 5) is 12.2. The molecule has 3 aromatic carbocycles. The molecule has 4 heteroatoms. The van der Waals surface area contributed by atoms with Crippen LogP contribution in [0.5, 0.6) is 0 Å². The number of nitrogens with zero attached hydrogens (tertiary/aromatic N) is 1. The van der Waals surface area contributed by atoms with Crippen LogP contribution >= 0.6 is 0 Å². The molecule has 0 aliphatic carbocycles. The summed E-state index contributed by atoms with van der Waals surface area (Å²) < 4.78 is 5.94. The van der Waals surface area contributed by atoms with Crippen LogP contribution in [0.2, 0.25) is 0 Å². The maximum atomic E-state index is 12.2. The van der Waals surface area contributed by atoms with Gasteiger partial charge in [0.15, 0.2) is 0 Å². The second kappa shape index (κ2) is 9.33. The van der Waals surface area contributed by atoms with E-state index in [9.17, 15) is 4.79 Å². The summed E-state index contributed by atoms with van der Waals surface area (Å²) in [5.74, 6) is -0.200. The van der Waals surface area contributed by atoms with Crippen molar-refractivity contribution in [3.8, 4) is 6.07 Å². The molecule has 0 unspecified atom stereocenters. The summed E-state index contributed by atoms with van der Waals surface area (Å²) in [5, 5.41) is 11.8. The summed E-state index contributed by atoms with van der Waals surface area (Å²) in [7, 11) is 0. The van der Waals surface area contributed by atoms with Crippen LogP contribution in [0.4, 0.5) is 0 Å². The summed E-state index contributed by atoms with van der Waals surface area (Å²) >= 11 is 0. The van der Waals surface area contributed by atoms with Crippen molar-refractivity contribution in [3.63, 3.8) is 0 Å². The number of nitrogens with one attached hydrogen (secondary N) is 1. The molecule has 134 valence electrons. The quantitative estimate of drug-likeness (QED) is 0.696. The largest absolute Gasteiger partial charge is 0.359 e. The van der Waals surface area contributed by atoms with Crippen molar-refractivity contribution in [2.75, 3.05) is 6.61 Å². The predicted octanol–water partition coefficient (Wildman–Crippen LogP) is 3.98. The van der Waals surface area contributed by atoms with Crippen LogP contribution in [0.15, 0.2) is 84.9 Å². The average Bonchev–Trinajstić information content (AvgIpc) is 2.74. The van der Waals surface area contributed by atoms with Crippen molar-refractivity contribution in [2.24, 2.45) is 0 Å². The molecule has 0 atom stereocenters. The number of nitriles is 1. The maximum Gasteiger partial charge on any atom is 0.246 e. The molecule has 0 aromatic heterocycles. The number of benzene rings is 3. The third-order valence-electron chi connectivity index (χ3n) is 4.13. The Hall–Kier alpha value is -3.42. The van der Waals surface area contributed by atoms with Gasteiger partial charge in [0.05, 0.1) is 11.6 Å². The molecule has 0 saturated heterocycles. The van der Waals surface area contributed by atoms with Crippen LogP contribution < -0.4 is 5.32 Å². The first-order valence-corrected chi connectivity index (χ1v) is 8.73. The fourth-order valence-electron chi connectivity index (χ4n) is 2.80. The third kappa shape index (κ3) is 5.27. The number of hydrogen-bond donors (Lipinski definition) is 1. The second-order valence-corrected chi connectivity index (χ2v) is 6.10. The van der Waals surface area contributed by atoms with Crippen LogP contribution in [-0.4, -0.2) is 12.5 Å². The predicted molar refractivity (Wildman–Crippen MR) is 104 cm³/mol. The van der Waals surface area contributed by atoms with Gasteiger partial charge in [-0.2, -0.15) is 5.26 Å². The van der Waals surface area contributed by atoms with Gasteiger partial charge in [-0.1, -0.05) is 72.8 Å². The molecule has 0 bridgehead atoms. The van der Waals surface area contributed by atoms with E-state index in [0.717, 1.165) is 16.7 Å². The number of carbonyl (C=O) groups excluding carboxylic acids is 1. The minimum absolute atomic E-state index is 0.0492. The number of carbonyl (C=O) groups is 1. The Morgan fingerprint density at radius 1 is 0.926 bits per heavy atom. The molecule has 1 amide bonds. The molecule has 0 radical (unpaired) electrons. The Bertz CT molecular complexity index is 878. The van der Waals surface area contributed by atoms with Gasteiger partial charge in [0.25, 0.3) is 0 Å². The second-order valence-electron chi connectivity index (χ2n) is 6.10. The highest BCUT2D eigenvalue weighted by Crippen LogP contribution is 2.25. The Morgan fingerprint density at radius 2 is 1.56 bits per heavy atom. The van der Waals surface area contributed by atoms with E-state index < -0.39 is 0 Å². The van der Waals surface area contributed by atoms with Crippen molar-refractivity contribution in [1.82, 2.24) is 5.32 Å². The lowest BCUT2D eigenvalue weighted by atomic mass is 10.0. The highest BCUT2D eigenvalue weighted by molar-refractivity contribution is 5.77. The fourth-order valence-corrected chi connectivity index (χ4v) is 2.80. The van der Waals surface area contributed by atoms with Gasteiger partial charge in [0, 0.05) is 6.54 Å². The Morgan fingerprint density at radius 3 is 2.15 bits per heavy atom. The number of ether oxygens (including phenoxy) is 1. The first kappa shape index (κ1) is 18.4. The maximum absolute atomic E-state index is 12.2. The zero-order valence-electron chi connectivity index (χ0n) is 14.8. The van der Waals surface area contributed by atoms with Gasteiger partial charge in [0.1, 0.15) is 12.7 Å². The van der Waals surface area contributed by atoms with Crippen molar-refractivity contribution < 1.29 is 9.53 Å². The van der Waals surface area contributed by atoms with E-state index in [2.05, 4.69) is 11.4 Å². The first-order valence-electron chi connectivity index (χ1n) is 8.73. The molecule has 0 heterocycles. The van der Waals surface area contributed by atoms with E-state index in [0.29, 0.717) is 12.1 Å². The number of amides is 1. The van der Waals surface area contributed by atoms with E-state index in [4.69, 9.17) is 10.00 Å². The Balaban J connectivity index is 1.61. The highest BCUT2D eigenvalue weighted by atomic mass is 16.5. The molecule has 27 heavy (non-hydrogen) atoms. The minimum Gasteiger partial charge on any atom is -0.359 e. The lowest BCUT2D eigenvalue weighted by Crippen LogP contribution is -2.28. The van der Waals surface area contributed by atoms with Gasteiger partial charge in [-0.05, 0) is 28.8 Å². The lowest BCUT2D eigenvalue weighted by molar-refractivity contribution is -0.127. The third-order valence-corrected chi connectivity index (χ3v) is 4.13. The molecule has 3 rings (SSSR count). The molecule has 4 nitrogen and oxygen atoms in total. The topological polar surface area (TPSA) is 62.1 Å². The zero-order valence-corrected chi connectivity index (χ0v) is 14.8. The lowest BCUT2D eigenvalue weighted by Gasteiger charge is -2.19. The zero-order chi connectivity index (χ0) is 18.9. The van der Waals surface area contributed by atoms with E-state index in [-0.39, 0.29) is 18.6 Å². The van der Waals surface area contributed by atoms with Crippen molar-refractivity contribution in [1.29, 1.82) is 5.26 Å². The molecule has 0 fully saturated rings. The molecule has 0 aliphatic heterocycles. The standard InChI is InChI=1S/C23H20N2O2/c24-15-18-8-7-9-19(14-18)16-25-22(26)17-27-23(20-10-3-1-4-11-20)21-12-5-2-6-13-21/h1-14,23H,16-17H2,(H,25,26). The van der Waals surface area contributed by atoms with Gasteiger partial charge in [-0.25, -0.2) is 0 Å². The molecule has 1 N–H and O–H groups in total. The molecule has 0 spiro atoms. The van der Waals surface area contributed by atoms with E-state index in [1.807, 2.05) is 66.7 Å². The molecular formula is C23H20N2O2. The fraction of sp³-hybridized carbons (Fsp3) is 0.130. The summed E-state index contributed by atoms with van der Waals surface area (Å²) in [6.45, 7) is 0.311. The first-order chi connectivity index (χ1) is 13.3. The molecule has 0 aliphatic rings. The smallest absolute Gasteiger partial charge is 0.246 e. The van der Waals surface area contributed by atoms with Gasteiger partial charge in [-0.3, -0.25) is 4.79 Å². The van der Waals surface area contributed by atoms with Crippen LogP contribution in [0, 0.1) is 11.3 Å². The summed E-state index contributed by atoms with van der Waals surface area (Å²) in [6.07, 6.45) is -0.305. The van der Waals surface area contributed by atoms with Crippen LogP contribution in [0.3, 0.4) is 0 Å². The van der Waals surface area contributed by atoms with Gasteiger partial charge < -0.3 is 10.1 Å². The van der Waals surface area contributed by atoms with Gasteiger partial charge >= 0.3 is 0 Å². The van der Waals surface area contributed by atoms with Gasteiger partial charge in [-0.15, -0.1) is 0 Å². The molecule has 0 saturated carbocycles. The van der Waals surface area contributed by atoms with Crippen LogP contribution in [0.25, 0.3) is 0 Å². The minimum atomic E-state index is -0.305. The Labute approximate surface area is 159 Å². The molecule has 3 aromatic rings. The SMILES string of the molecule is N#Cc1cccc(CNC(=O)COC(c2ccccc2)c2ccccc2)c1.